The molecule has 15 heavy (non-hydrogen) atoms. The number of hydrogen-bond acceptors (Lipinski definition) is 2. The summed E-state index contributed by atoms with van der Waals surface area (Å²) in [4.78, 5) is 0. The van der Waals surface area contributed by atoms with Crippen molar-refractivity contribution in [2.24, 2.45) is 5.73 Å². The Balaban J connectivity index is 3.16. The minimum Gasteiger partial charge on any atom is -0.390 e. The first kappa shape index (κ1) is 12.6. The van der Waals surface area contributed by atoms with E-state index in [0.29, 0.717) is 0 Å². The molecule has 0 aliphatic rings. The second-order valence-corrected chi connectivity index (χ2v) is 3.85. The maximum absolute atomic E-state index is 13.1. The number of aliphatic hydroxyl groups excluding tert-OH is 1. The van der Waals surface area contributed by atoms with E-state index in [2.05, 4.69) is 0 Å². The molecule has 6 heteroatoms. The highest BCUT2D eigenvalue weighted by atomic mass is 35.5. The predicted octanol–water partition coefficient (Wildman–Crippen LogP) is 2.62. The third kappa shape index (κ3) is 2.58. The fourth-order valence-electron chi connectivity index (χ4n) is 1.12. The van der Waals surface area contributed by atoms with Crippen molar-refractivity contribution in [3.8, 4) is 0 Å². The van der Waals surface area contributed by atoms with Gasteiger partial charge >= 0.3 is 0 Å². The highest BCUT2D eigenvalue weighted by molar-refractivity contribution is 6.36. The van der Waals surface area contributed by atoms with E-state index in [1.807, 2.05) is 0 Å². The van der Waals surface area contributed by atoms with Gasteiger partial charge in [0.1, 0.15) is 6.61 Å². The van der Waals surface area contributed by atoms with Crippen molar-refractivity contribution in [1.82, 2.24) is 0 Å². The zero-order valence-electron chi connectivity index (χ0n) is 7.55. The lowest BCUT2D eigenvalue weighted by atomic mass is 10.0. The third-order valence-electron chi connectivity index (χ3n) is 1.98. The summed E-state index contributed by atoms with van der Waals surface area (Å²) in [5, 5.41) is 8.61. The lowest BCUT2D eigenvalue weighted by Crippen LogP contribution is -2.36. The molecule has 2 nitrogen and oxygen atoms in total. The Kier molecular flexibility index (Phi) is 3.89. The summed E-state index contributed by atoms with van der Waals surface area (Å²) >= 11 is 11.4. The van der Waals surface area contributed by atoms with Gasteiger partial charge in [-0.25, -0.2) is 8.78 Å². The molecule has 0 bridgehead atoms. The molecular weight excluding hydrogens is 247 g/mol. The van der Waals surface area contributed by atoms with Crippen LogP contribution in [-0.2, 0) is 0 Å². The lowest BCUT2D eigenvalue weighted by molar-refractivity contribution is -0.0711. The molecule has 0 saturated carbocycles. The van der Waals surface area contributed by atoms with E-state index < -0.39 is 18.6 Å². The molecule has 0 aromatic heterocycles. The van der Waals surface area contributed by atoms with Gasteiger partial charge in [0.05, 0.1) is 6.04 Å². The number of hydrogen-bond donors (Lipinski definition) is 2. The van der Waals surface area contributed by atoms with Gasteiger partial charge in [0.2, 0.25) is 0 Å². The summed E-state index contributed by atoms with van der Waals surface area (Å²) in [5.74, 6) is -3.45. The molecule has 0 aliphatic heterocycles. The van der Waals surface area contributed by atoms with E-state index in [1.54, 1.807) is 0 Å². The molecule has 0 heterocycles. The molecule has 84 valence electrons. The molecule has 0 aliphatic carbocycles. The van der Waals surface area contributed by atoms with Crippen molar-refractivity contribution < 1.29 is 13.9 Å². The van der Waals surface area contributed by atoms with E-state index in [-0.39, 0.29) is 15.6 Å². The van der Waals surface area contributed by atoms with Gasteiger partial charge in [-0.1, -0.05) is 29.3 Å². The van der Waals surface area contributed by atoms with Crippen LogP contribution in [0.3, 0.4) is 0 Å². The molecule has 1 aromatic rings. The number of aliphatic hydroxyl groups is 1. The van der Waals surface area contributed by atoms with Crippen LogP contribution in [0.4, 0.5) is 8.78 Å². The van der Waals surface area contributed by atoms with Crippen LogP contribution in [-0.4, -0.2) is 17.6 Å². The van der Waals surface area contributed by atoms with Crippen LogP contribution < -0.4 is 5.73 Å². The first-order chi connectivity index (χ1) is 6.90. The smallest absolute Gasteiger partial charge is 0.289 e. The van der Waals surface area contributed by atoms with Gasteiger partial charge in [-0.05, 0) is 12.1 Å². The van der Waals surface area contributed by atoms with E-state index in [4.69, 9.17) is 34.0 Å². The Hall–Kier alpha value is -0.420. The molecule has 0 spiro atoms. The third-order valence-corrected chi connectivity index (χ3v) is 2.64. The largest absolute Gasteiger partial charge is 0.390 e. The van der Waals surface area contributed by atoms with E-state index in [0.717, 1.165) is 0 Å². The number of rotatable bonds is 3. The predicted molar refractivity (Wildman–Crippen MR) is 55.4 cm³/mol. The van der Waals surface area contributed by atoms with Gasteiger partial charge in [0, 0.05) is 15.6 Å². The Morgan fingerprint density at radius 2 is 1.80 bits per heavy atom. The second-order valence-electron chi connectivity index (χ2n) is 3.03. The van der Waals surface area contributed by atoms with Crippen LogP contribution in [0, 0.1) is 0 Å². The monoisotopic (exact) mass is 255 g/mol. The van der Waals surface area contributed by atoms with Crippen LogP contribution in [0.1, 0.15) is 11.6 Å². The van der Waals surface area contributed by atoms with Gasteiger partial charge in [-0.2, -0.15) is 0 Å². The zero-order valence-corrected chi connectivity index (χ0v) is 9.06. The Morgan fingerprint density at radius 3 is 2.20 bits per heavy atom. The van der Waals surface area contributed by atoms with Crippen molar-refractivity contribution in [3.05, 3.63) is 33.8 Å². The first-order valence-corrected chi connectivity index (χ1v) is 4.84. The van der Waals surface area contributed by atoms with E-state index in [9.17, 15) is 8.78 Å². The summed E-state index contributed by atoms with van der Waals surface area (Å²) in [6, 6.07) is 2.63. The highest BCUT2D eigenvalue weighted by Gasteiger charge is 2.39. The van der Waals surface area contributed by atoms with E-state index >= 15 is 0 Å². The van der Waals surface area contributed by atoms with Gasteiger partial charge in [-0.3, -0.25) is 0 Å². The van der Waals surface area contributed by atoms with Crippen LogP contribution in [0.15, 0.2) is 18.2 Å². The van der Waals surface area contributed by atoms with Crippen LogP contribution in [0.25, 0.3) is 0 Å². The molecule has 0 unspecified atom stereocenters. The summed E-state index contributed by atoms with van der Waals surface area (Å²) in [7, 11) is 0. The minimum absolute atomic E-state index is 0.0557. The summed E-state index contributed by atoms with van der Waals surface area (Å²) in [6.45, 7) is -1.35. The van der Waals surface area contributed by atoms with Gasteiger partial charge in [0.25, 0.3) is 5.92 Å². The van der Waals surface area contributed by atoms with Gasteiger partial charge in [0.15, 0.2) is 0 Å². The van der Waals surface area contributed by atoms with Crippen LogP contribution in [0.2, 0.25) is 10.0 Å². The molecule has 1 rings (SSSR count). The quantitative estimate of drug-likeness (QED) is 0.873. The van der Waals surface area contributed by atoms with Crippen molar-refractivity contribution in [2.75, 3.05) is 6.61 Å². The van der Waals surface area contributed by atoms with Crippen molar-refractivity contribution >= 4 is 23.2 Å². The molecule has 0 saturated heterocycles. The van der Waals surface area contributed by atoms with Crippen molar-refractivity contribution in [2.45, 2.75) is 12.0 Å². The summed E-state index contributed by atoms with van der Waals surface area (Å²) < 4.78 is 26.2. The Bertz CT molecular complexity index is 340. The standard InChI is InChI=1S/C9H9Cl2F2NO/c10-5-2-1-3-6(11)7(5)8(14)9(12,13)4-15/h1-3,8,15H,4,14H2/t8-/m0/s1. The molecule has 0 radical (unpaired) electrons. The maximum Gasteiger partial charge on any atom is 0.289 e. The van der Waals surface area contributed by atoms with E-state index in [1.165, 1.54) is 18.2 Å². The number of alkyl halides is 2. The molecule has 0 fully saturated rings. The lowest BCUT2D eigenvalue weighted by Gasteiger charge is -2.23. The molecule has 3 N–H and O–H groups in total. The normalized spacial score (nSPS) is 14.0. The maximum atomic E-state index is 13.1. The number of halogens is 4. The van der Waals surface area contributed by atoms with Crippen molar-refractivity contribution in [3.63, 3.8) is 0 Å². The molecular formula is C9H9Cl2F2NO. The van der Waals surface area contributed by atoms with Gasteiger partial charge < -0.3 is 10.8 Å². The Labute approximate surface area is 95.6 Å². The van der Waals surface area contributed by atoms with Gasteiger partial charge in [-0.15, -0.1) is 0 Å². The molecule has 1 aromatic carbocycles. The molecule has 1 atom stereocenters. The van der Waals surface area contributed by atoms with Crippen molar-refractivity contribution in [1.29, 1.82) is 0 Å². The average Bonchev–Trinajstić information content (AvgIpc) is 2.17. The highest BCUT2D eigenvalue weighted by Crippen LogP contribution is 2.36. The topological polar surface area (TPSA) is 46.2 Å². The van der Waals surface area contributed by atoms with Crippen LogP contribution in [0.5, 0.6) is 0 Å². The number of nitrogens with two attached hydrogens (primary N) is 1. The minimum atomic E-state index is -3.45. The summed E-state index contributed by atoms with van der Waals surface area (Å²) in [6.07, 6.45) is 0. The first-order valence-electron chi connectivity index (χ1n) is 4.08. The zero-order chi connectivity index (χ0) is 11.6. The molecule has 0 amide bonds. The second kappa shape index (κ2) is 4.61. The average molecular weight is 256 g/mol. The van der Waals surface area contributed by atoms with Crippen LogP contribution >= 0.6 is 23.2 Å². The Morgan fingerprint density at radius 1 is 1.33 bits per heavy atom. The summed E-state index contributed by atoms with van der Waals surface area (Å²) in [5.41, 5.74) is 5.25. The SMILES string of the molecule is N[C@@H](c1c(Cl)cccc1Cl)C(F)(F)CO. The fraction of sp³-hybridized carbons (Fsp3) is 0.333. The fourth-order valence-corrected chi connectivity index (χ4v) is 1.75. The number of benzene rings is 1.